The maximum absolute atomic E-state index is 13.0. The van der Waals surface area contributed by atoms with Crippen LogP contribution < -0.4 is 34.3 Å². The van der Waals surface area contributed by atoms with Crippen LogP contribution >= 0.6 is 0 Å². The Morgan fingerprint density at radius 1 is 1.31 bits per heavy atom. The fourth-order valence-electron chi connectivity index (χ4n) is 0.823. The molecule has 0 amide bonds. The molecule has 0 saturated carbocycles. The SMILES string of the molecule is O=S([O-])c1cccc(OC(F)(F)F)c1F.[Na+]. The minimum Gasteiger partial charge on any atom is -0.768 e. The first-order valence-electron chi connectivity index (χ1n) is 3.45. The van der Waals surface area contributed by atoms with Gasteiger partial charge in [-0.2, -0.15) is 0 Å². The smallest absolute Gasteiger partial charge is 0.768 e. The third kappa shape index (κ3) is 4.38. The van der Waals surface area contributed by atoms with Crippen LogP contribution in [-0.2, 0) is 11.1 Å². The summed E-state index contributed by atoms with van der Waals surface area (Å²) in [5.41, 5.74) is 0. The molecule has 16 heavy (non-hydrogen) atoms. The fourth-order valence-corrected chi connectivity index (χ4v) is 1.26. The van der Waals surface area contributed by atoms with Gasteiger partial charge < -0.3 is 9.29 Å². The van der Waals surface area contributed by atoms with Crippen LogP contribution in [0.15, 0.2) is 23.1 Å². The zero-order chi connectivity index (χ0) is 11.6. The van der Waals surface area contributed by atoms with Crippen LogP contribution in [0, 0.1) is 5.82 Å². The van der Waals surface area contributed by atoms with Crippen LogP contribution in [0.4, 0.5) is 17.6 Å². The van der Waals surface area contributed by atoms with E-state index < -0.39 is 33.9 Å². The number of ether oxygens (including phenoxy) is 1. The third-order valence-corrected chi connectivity index (χ3v) is 2.01. The van der Waals surface area contributed by atoms with Crippen LogP contribution in [0.3, 0.4) is 0 Å². The third-order valence-electron chi connectivity index (χ3n) is 1.33. The second-order valence-electron chi connectivity index (χ2n) is 2.35. The van der Waals surface area contributed by atoms with E-state index >= 15 is 0 Å². The van der Waals surface area contributed by atoms with Gasteiger partial charge in [0.05, 0.1) is 4.90 Å². The average molecular weight is 266 g/mol. The van der Waals surface area contributed by atoms with E-state index in [4.69, 9.17) is 0 Å². The van der Waals surface area contributed by atoms with Crippen LogP contribution in [0.25, 0.3) is 0 Å². The minimum absolute atomic E-state index is 0. The van der Waals surface area contributed by atoms with Crippen molar-refractivity contribution in [2.75, 3.05) is 0 Å². The molecule has 1 unspecified atom stereocenters. The van der Waals surface area contributed by atoms with Gasteiger partial charge in [-0.25, -0.2) is 4.39 Å². The van der Waals surface area contributed by atoms with E-state index in [1.165, 1.54) is 0 Å². The first kappa shape index (κ1) is 15.9. The molecule has 0 heterocycles. The summed E-state index contributed by atoms with van der Waals surface area (Å²) in [6, 6.07) is 2.44. The molecule has 0 fully saturated rings. The number of hydrogen-bond acceptors (Lipinski definition) is 3. The van der Waals surface area contributed by atoms with Crippen molar-refractivity contribution < 1.29 is 60.6 Å². The molecule has 84 valence electrons. The van der Waals surface area contributed by atoms with E-state index in [-0.39, 0.29) is 29.6 Å². The summed E-state index contributed by atoms with van der Waals surface area (Å²) >= 11 is -2.95. The van der Waals surface area contributed by atoms with Crippen LogP contribution in [0.2, 0.25) is 0 Å². The van der Waals surface area contributed by atoms with Gasteiger partial charge in [-0.3, -0.25) is 4.21 Å². The van der Waals surface area contributed by atoms with Gasteiger partial charge >= 0.3 is 35.9 Å². The van der Waals surface area contributed by atoms with Crippen molar-refractivity contribution in [2.45, 2.75) is 11.3 Å². The second-order valence-corrected chi connectivity index (χ2v) is 3.26. The van der Waals surface area contributed by atoms with E-state index in [0.29, 0.717) is 6.07 Å². The van der Waals surface area contributed by atoms with Crippen LogP contribution in [0.1, 0.15) is 0 Å². The van der Waals surface area contributed by atoms with E-state index in [9.17, 15) is 26.3 Å². The monoisotopic (exact) mass is 266 g/mol. The Morgan fingerprint density at radius 3 is 2.31 bits per heavy atom. The van der Waals surface area contributed by atoms with Crippen molar-refractivity contribution in [1.29, 1.82) is 0 Å². The predicted octanol–water partition coefficient (Wildman–Crippen LogP) is -1.03. The van der Waals surface area contributed by atoms with Gasteiger partial charge in [-0.1, -0.05) is 6.07 Å². The van der Waals surface area contributed by atoms with E-state index in [1.807, 2.05) is 0 Å². The molecule has 1 rings (SSSR count). The fraction of sp³-hybridized carbons (Fsp3) is 0.143. The Labute approximate surface area is 112 Å². The summed E-state index contributed by atoms with van der Waals surface area (Å²) < 4.78 is 72.2. The van der Waals surface area contributed by atoms with Crippen molar-refractivity contribution in [1.82, 2.24) is 0 Å². The Balaban J connectivity index is 0.00000225. The van der Waals surface area contributed by atoms with Gasteiger partial charge in [-0.05, 0) is 23.2 Å². The molecule has 9 heteroatoms. The zero-order valence-corrected chi connectivity index (χ0v) is 10.7. The molecule has 0 saturated heterocycles. The van der Waals surface area contributed by atoms with Gasteiger partial charge in [0.15, 0.2) is 11.6 Å². The molecule has 1 atom stereocenters. The summed E-state index contributed by atoms with van der Waals surface area (Å²) in [6.45, 7) is 0. The molecule has 0 aliphatic heterocycles. The molecule has 0 bridgehead atoms. The van der Waals surface area contributed by atoms with Gasteiger partial charge in [0.1, 0.15) is 0 Å². The van der Waals surface area contributed by atoms with E-state index in [1.54, 1.807) is 0 Å². The molecule has 0 radical (unpaired) electrons. The number of rotatable bonds is 2. The van der Waals surface area contributed by atoms with Crippen LogP contribution in [0.5, 0.6) is 5.75 Å². The van der Waals surface area contributed by atoms with E-state index in [2.05, 4.69) is 4.74 Å². The standard InChI is InChI=1S/C7H4F4O3S.Na/c8-6-4(14-7(9,10)11)2-1-3-5(6)15(12)13;/h1-3H,(H,12,13);/q;+1/p-1. The van der Waals surface area contributed by atoms with E-state index in [0.717, 1.165) is 12.1 Å². The summed E-state index contributed by atoms with van der Waals surface area (Å²) in [4.78, 5) is -0.878. The van der Waals surface area contributed by atoms with Crippen molar-refractivity contribution >= 4 is 11.1 Å². The number of hydrogen-bond donors (Lipinski definition) is 0. The molecular weight excluding hydrogens is 263 g/mol. The Hall–Kier alpha value is -0.150. The van der Waals surface area contributed by atoms with Crippen molar-refractivity contribution in [3.05, 3.63) is 24.0 Å². The first-order valence-corrected chi connectivity index (χ1v) is 4.52. The molecule has 0 aromatic heterocycles. The van der Waals surface area contributed by atoms with Gasteiger partial charge in [0.2, 0.25) is 0 Å². The summed E-state index contributed by atoms with van der Waals surface area (Å²) in [7, 11) is 0. The second kappa shape index (κ2) is 5.97. The van der Waals surface area contributed by atoms with Gasteiger partial charge in [-0.15, -0.1) is 13.2 Å². The molecular formula is C7H3F4NaO3S. The molecule has 0 spiro atoms. The Bertz CT molecular complexity index is 396. The van der Waals surface area contributed by atoms with Crippen molar-refractivity contribution in [2.24, 2.45) is 0 Å². The largest absolute Gasteiger partial charge is 1.00 e. The molecule has 0 aliphatic rings. The Kier molecular flexibility index (Phi) is 5.91. The maximum Gasteiger partial charge on any atom is 1.00 e. The molecule has 1 aromatic rings. The molecule has 0 aliphatic carbocycles. The summed E-state index contributed by atoms with van der Waals surface area (Å²) in [5, 5.41) is 0. The molecule has 3 nitrogen and oxygen atoms in total. The van der Waals surface area contributed by atoms with Crippen molar-refractivity contribution in [3.63, 3.8) is 0 Å². The minimum atomic E-state index is -5.07. The average Bonchev–Trinajstić information content (AvgIpc) is 2.05. The van der Waals surface area contributed by atoms with Gasteiger partial charge in [0.25, 0.3) is 0 Å². The van der Waals surface area contributed by atoms with Crippen molar-refractivity contribution in [3.8, 4) is 5.75 Å². The number of benzene rings is 1. The summed E-state index contributed by atoms with van der Waals surface area (Å²) in [6.07, 6.45) is -5.07. The van der Waals surface area contributed by atoms with Crippen LogP contribution in [-0.4, -0.2) is 15.1 Å². The summed E-state index contributed by atoms with van der Waals surface area (Å²) in [5.74, 6) is -2.74. The maximum atomic E-state index is 13.0. The first-order chi connectivity index (χ1) is 6.81. The number of halogens is 4. The zero-order valence-electron chi connectivity index (χ0n) is 7.88. The topological polar surface area (TPSA) is 49.4 Å². The molecule has 0 N–H and O–H groups in total. The number of alkyl halides is 3. The normalized spacial score (nSPS) is 12.8. The molecule has 1 aromatic carbocycles. The predicted molar refractivity (Wildman–Crippen MR) is 40.3 cm³/mol. The quantitative estimate of drug-likeness (QED) is 0.390. The van der Waals surface area contributed by atoms with Gasteiger partial charge in [0, 0.05) is 0 Å². The Morgan fingerprint density at radius 2 is 1.88 bits per heavy atom.